The van der Waals surface area contributed by atoms with Gasteiger partial charge in [0.05, 0.1) is 5.92 Å². The molecule has 2 aliphatic rings. The lowest BCUT2D eigenvalue weighted by Gasteiger charge is -2.39. The van der Waals surface area contributed by atoms with Crippen molar-refractivity contribution in [2.75, 3.05) is 44.2 Å². The molecule has 0 aliphatic carbocycles. The van der Waals surface area contributed by atoms with E-state index >= 15 is 0 Å². The number of carbonyl (C=O) groups is 1. The molecule has 0 radical (unpaired) electrons. The largest absolute Gasteiger partial charge is 0.340 e. The molecule has 0 N–H and O–H groups in total. The van der Waals surface area contributed by atoms with Crippen LogP contribution in [0.15, 0.2) is 54.9 Å². The highest BCUT2D eigenvalue weighted by molar-refractivity contribution is 7.15. The monoisotopic (exact) mass is 481 g/mol. The Balaban J connectivity index is 1.14. The number of halogens is 1. The smallest absolute Gasteiger partial charge is 0.227 e. The van der Waals surface area contributed by atoms with E-state index in [1.165, 1.54) is 9.75 Å². The van der Waals surface area contributed by atoms with Crippen LogP contribution in [0.5, 0.6) is 0 Å². The van der Waals surface area contributed by atoms with Gasteiger partial charge in [0, 0.05) is 78.5 Å². The van der Waals surface area contributed by atoms with Crippen molar-refractivity contribution >= 4 is 34.8 Å². The van der Waals surface area contributed by atoms with Gasteiger partial charge in [-0.05, 0) is 37.1 Å². The summed E-state index contributed by atoms with van der Waals surface area (Å²) in [6, 6.07) is 14.2. The van der Waals surface area contributed by atoms with Gasteiger partial charge < -0.3 is 9.80 Å². The number of hydrogen-bond acceptors (Lipinski definition) is 6. The molecule has 1 amide bonds. The molecule has 3 aromatic rings. The molecule has 172 valence electrons. The van der Waals surface area contributed by atoms with E-state index in [0.29, 0.717) is 6.54 Å². The van der Waals surface area contributed by atoms with E-state index in [0.717, 1.165) is 68.6 Å². The average Bonchev–Trinajstić information content (AvgIpc) is 3.33. The Kier molecular flexibility index (Phi) is 6.90. The second kappa shape index (κ2) is 10.2. The third-order valence-electron chi connectivity index (χ3n) is 6.47. The maximum atomic E-state index is 13.2. The number of hydrogen-bond donors (Lipinski definition) is 0. The summed E-state index contributed by atoms with van der Waals surface area (Å²) in [5, 5.41) is 0.790. The van der Waals surface area contributed by atoms with Gasteiger partial charge in [-0.3, -0.25) is 9.69 Å². The van der Waals surface area contributed by atoms with E-state index in [4.69, 9.17) is 11.6 Å². The molecule has 2 aliphatic heterocycles. The SMILES string of the molecule is O=C(C1CCCN(c2ncccn2)C1)N1CCN(Cc2ccc(-c3ccccc3Cl)s2)CC1. The summed E-state index contributed by atoms with van der Waals surface area (Å²) in [5.41, 5.74) is 1.09. The lowest BCUT2D eigenvalue weighted by atomic mass is 9.96. The fourth-order valence-electron chi connectivity index (χ4n) is 4.69. The van der Waals surface area contributed by atoms with Gasteiger partial charge in [-0.2, -0.15) is 0 Å². The first kappa shape index (κ1) is 22.3. The van der Waals surface area contributed by atoms with Crippen molar-refractivity contribution in [2.45, 2.75) is 19.4 Å². The van der Waals surface area contributed by atoms with Crippen LogP contribution in [0, 0.1) is 5.92 Å². The molecule has 33 heavy (non-hydrogen) atoms. The third kappa shape index (κ3) is 5.21. The van der Waals surface area contributed by atoms with Gasteiger partial charge in [-0.25, -0.2) is 9.97 Å². The molecule has 0 saturated carbocycles. The van der Waals surface area contributed by atoms with Crippen molar-refractivity contribution in [1.82, 2.24) is 19.8 Å². The van der Waals surface area contributed by atoms with E-state index in [9.17, 15) is 4.79 Å². The topological polar surface area (TPSA) is 52.6 Å². The normalized spacial score (nSPS) is 19.6. The van der Waals surface area contributed by atoms with Crippen molar-refractivity contribution < 1.29 is 4.79 Å². The zero-order chi connectivity index (χ0) is 22.6. The predicted octanol–water partition coefficient (Wildman–Crippen LogP) is 4.42. The minimum Gasteiger partial charge on any atom is -0.340 e. The highest BCUT2D eigenvalue weighted by atomic mass is 35.5. The van der Waals surface area contributed by atoms with Gasteiger partial charge in [0.1, 0.15) is 0 Å². The van der Waals surface area contributed by atoms with Gasteiger partial charge in [0.15, 0.2) is 0 Å². The maximum Gasteiger partial charge on any atom is 0.227 e. The molecule has 2 fully saturated rings. The first-order valence-electron chi connectivity index (χ1n) is 11.5. The van der Waals surface area contributed by atoms with E-state index in [-0.39, 0.29) is 11.8 Å². The lowest BCUT2D eigenvalue weighted by Crippen LogP contribution is -2.52. The maximum absolute atomic E-state index is 13.2. The molecule has 6 nitrogen and oxygen atoms in total. The molecule has 1 atom stereocenters. The van der Waals surface area contributed by atoms with Crippen LogP contribution in [0.1, 0.15) is 17.7 Å². The number of nitrogens with zero attached hydrogens (tertiary/aromatic N) is 5. The minimum absolute atomic E-state index is 0.0320. The zero-order valence-electron chi connectivity index (χ0n) is 18.6. The first-order chi connectivity index (χ1) is 16.2. The molecule has 8 heteroatoms. The highest BCUT2D eigenvalue weighted by Crippen LogP contribution is 2.33. The average molecular weight is 482 g/mol. The molecule has 1 aromatic carbocycles. The molecular formula is C25H28ClN5OS. The van der Waals surface area contributed by atoms with Crippen LogP contribution >= 0.6 is 22.9 Å². The Bertz CT molecular complexity index is 1080. The van der Waals surface area contributed by atoms with Crippen LogP contribution in [0.4, 0.5) is 5.95 Å². The van der Waals surface area contributed by atoms with Crippen LogP contribution < -0.4 is 4.90 Å². The number of piperazine rings is 1. The summed E-state index contributed by atoms with van der Waals surface area (Å²) < 4.78 is 0. The molecule has 0 spiro atoms. The molecular weight excluding hydrogens is 454 g/mol. The second-order valence-electron chi connectivity index (χ2n) is 8.68. The van der Waals surface area contributed by atoms with E-state index < -0.39 is 0 Å². The van der Waals surface area contributed by atoms with Crippen molar-refractivity contribution in [1.29, 1.82) is 0 Å². The minimum atomic E-state index is 0.0320. The first-order valence-corrected chi connectivity index (χ1v) is 12.7. The van der Waals surface area contributed by atoms with Crippen LogP contribution in [-0.4, -0.2) is 64.9 Å². The van der Waals surface area contributed by atoms with Crippen LogP contribution in [-0.2, 0) is 11.3 Å². The van der Waals surface area contributed by atoms with Crippen LogP contribution in [0.2, 0.25) is 5.02 Å². The fourth-order valence-corrected chi connectivity index (χ4v) is 6.07. The molecule has 4 heterocycles. The third-order valence-corrected chi connectivity index (χ3v) is 7.90. The standard InChI is InChI=1S/C25H28ClN5OS/c26-22-7-2-1-6-21(22)23-9-8-20(33-23)18-29-13-15-30(16-14-29)24(32)19-5-3-12-31(17-19)25-27-10-4-11-28-25/h1-2,4,6-11,19H,3,5,12-18H2. The number of amides is 1. The number of anilines is 1. The summed E-state index contributed by atoms with van der Waals surface area (Å²) in [7, 11) is 0. The van der Waals surface area contributed by atoms with Gasteiger partial charge in [-0.1, -0.05) is 29.8 Å². The molecule has 1 unspecified atom stereocenters. The fraction of sp³-hybridized carbons (Fsp3) is 0.400. The number of thiophene rings is 1. The van der Waals surface area contributed by atoms with Crippen LogP contribution in [0.25, 0.3) is 10.4 Å². The van der Waals surface area contributed by atoms with Crippen molar-refractivity contribution in [2.24, 2.45) is 5.92 Å². The Morgan fingerprint density at radius 2 is 1.79 bits per heavy atom. The van der Waals surface area contributed by atoms with Gasteiger partial charge in [0.25, 0.3) is 0 Å². The summed E-state index contributed by atoms with van der Waals surface area (Å²) >= 11 is 8.16. The van der Waals surface area contributed by atoms with Crippen LogP contribution in [0.3, 0.4) is 0 Å². The summed E-state index contributed by atoms with van der Waals surface area (Å²) in [6.45, 7) is 5.94. The van der Waals surface area contributed by atoms with Gasteiger partial charge in [-0.15, -0.1) is 11.3 Å². The predicted molar refractivity (Wildman–Crippen MR) is 134 cm³/mol. The van der Waals surface area contributed by atoms with Crippen molar-refractivity contribution in [3.8, 4) is 10.4 Å². The van der Waals surface area contributed by atoms with E-state index in [1.807, 2.05) is 24.3 Å². The molecule has 2 aromatic heterocycles. The van der Waals surface area contributed by atoms with Crippen molar-refractivity contribution in [3.05, 3.63) is 64.8 Å². The second-order valence-corrected chi connectivity index (χ2v) is 10.3. The number of benzene rings is 1. The Morgan fingerprint density at radius 1 is 1.00 bits per heavy atom. The number of aromatic nitrogens is 2. The number of carbonyl (C=O) groups excluding carboxylic acids is 1. The number of rotatable bonds is 5. The number of piperidine rings is 1. The lowest BCUT2D eigenvalue weighted by molar-refractivity contribution is -0.137. The van der Waals surface area contributed by atoms with E-state index in [2.05, 4.69) is 42.9 Å². The Morgan fingerprint density at radius 3 is 2.58 bits per heavy atom. The molecule has 5 rings (SSSR count). The highest BCUT2D eigenvalue weighted by Gasteiger charge is 2.31. The van der Waals surface area contributed by atoms with Gasteiger partial charge in [0.2, 0.25) is 11.9 Å². The van der Waals surface area contributed by atoms with Gasteiger partial charge >= 0.3 is 0 Å². The quantitative estimate of drug-likeness (QED) is 0.540. The summed E-state index contributed by atoms with van der Waals surface area (Å²) in [6.07, 6.45) is 5.47. The summed E-state index contributed by atoms with van der Waals surface area (Å²) in [4.78, 5) is 31.1. The Hall–Kier alpha value is -2.48. The Labute approximate surface area is 203 Å². The summed E-state index contributed by atoms with van der Waals surface area (Å²) in [5.74, 6) is 1.05. The van der Waals surface area contributed by atoms with E-state index in [1.54, 1.807) is 23.7 Å². The molecule has 2 saturated heterocycles. The zero-order valence-corrected chi connectivity index (χ0v) is 20.1. The molecule has 0 bridgehead atoms. The van der Waals surface area contributed by atoms with Crippen molar-refractivity contribution in [3.63, 3.8) is 0 Å².